The Labute approximate surface area is 244 Å². The predicted octanol–water partition coefficient (Wildman–Crippen LogP) is 9.11. The second-order valence-electron chi connectivity index (χ2n) is 16.4. The lowest BCUT2D eigenvalue weighted by Gasteiger charge is -2.61. The molecule has 1 aromatic heterocycles. The van der Waals surface area contributed by atoms with Crippen LogP contribution in [0.15, 0.2) is 36.7 Å². The molecule has 0 radical (unpaired) electrons. The summed E-state index contributed by atoms with van der Waals surface area (Å²) in [4.78, 5) is 7.18. The summed E-state index contributed by atoms with van der Waals surface area (Å²) in [5.74, 6) is 4.51. The Morgan fingerprint density at radius 1 is 0.825 bits per heavy atom. The molecule has 5 aliphatic rings. The third-order valence-corrected chi connectivity index (χ3v) is 12.3. The van der Waals surface area contributed by atoms with Crippen molar-refractivity contribution >= 4 is 10.8 Å². The zero-order chi connectivity index (χ0) is 28.1. The highest BCUT2D eigenvalue weighted by molar-refractivity contribution is 5.82. The summed E-state index contributed by atoms with van der Waals surface area (Å²) in [6.45, 7) is 18.4. The maximum Gasteiger partial charge on any atom is 0.0594 e. The molecule has 4 saturated carbocycles. The quantitative estimate of drug-likeness (QED) is 0.377. The maximum atomic E-state index is 5.65. The van der Waals surface area contributed by atoms with Crippen LogP contribution in [0.3, 0.4) is 0 Å². The molecule has 1 saturated heterocycles. The van der Waals surface area contributed by atoms with Crippen LogP contribution in [-0.4, -0.2) is 42.2 Å². The van der Waals surface area contributed by atoms with E-state index in [0.29, 0.717) is 16.2 Å². The molecule has 40 heavy (non-hydrogen) atoms. The number of rotatable bonds is 2. The van der Waals surface area contributed by atoms with Gasteiger partial charge in [-0.25, -0.2) is 0 Å². The summed E-state index contributed by atoms with van der Waals surface area (Å²) >= 11 is 0. The number of fused-ring (bicyclic) bond motifs is 6. The SMILES string of the molecule is CC(C)(C)C.C[C@]12CC[C@H](N3CCOCC3)C[C@@H]1CC[C@@H]1[C@@H]2CC[C@]2(C)[C@@H](c3ccc4ccncc4c3)CC[C@@H]12. The van der Waals surface area contributed by atoms with E-state index in [1.165, 1.54) is 68.6 Å². The maximum absolute atomic E-state index is 5.65. The standard InChI is InChI=1S/C32H44N2O.C5H12/c1-31-12-9-26(34-15-17-35-18-16-34)20-25(31)5-6-27-29-8-7-28(32(29,2)13-10-30(27)31)23-4-3-22-11-14-33-21-24(22)19-23;1-5(2,3)4/h3-4,11,14,19,21,25-30H,5-10,12-13,15-18,20H2,1-2H3;1-4H3/t25-,26-,27-,28+,29-,30-,31-,32+;/m0./s1. The number of hydrogen-bond acceptors (Lipinski definition) is 3. The first kappa shape index (κ1) is 28.7. The van der Waals surface area contributed by atoms with Crippen molar-refractivity contribution in [3.63, 3.8) is 0 Å². The third kappa shape index (κ3) is 5.39. The first-order chi connectivity index (χ1) is 19.1. The molecule has 220 valence electrons. The van der Waals surface area contributed by atoms with E-state index in [4.69, 9.17) is 4.74 Å². The van der Waals surface area contributed by atoms with Gasteiger partial charge in [-0.3, -0.25) is 9.88 Å². The van der Waals surface area contributed by atoms with Gasteiger partial charge in [0.2, 0.25) is 0 Å². The predicted molar refractivity (Wildman–Crippen MR) is 168 cm³/mol. The Bertz CT molecular complexity index is 1160. The van der Waals surface area contributed by atoms with Gasteiger partial charge in [0.15, 0.2) is 0 Å². The molecule has 1 aromatic carbocycles. The van der Waals surface area contributed by atoms with Gasteiger partial charge in [-0.2, -0.15) is 0 Å². The largest absolute Gasteiger partial charge is 0.379 e. The molecule has 0 unspecified atom stereocenters. The molecule has 1 aliphatic heterocycles. The van der Waals surface area contributed by atoms with E-state index in [1.807, 2.05) is 6.20 Å². The number of hydrogen-bond donors (Lipinski definition) is 0. The highest BCUT2D eigenvalue weighted by Crippen LogP contribution is 2.69. The summed E-state index contributed by atoms with van der Waals surface area (Å²) in [6, 6.07) is 10.2. The van der Waals surface area contributed by atoms with Crippen molar-refractivity contribution in [1.29, 1.82) is 0 Å². The van der Waals surface area contributed by atoms with Gasteiger partial charge in [-0.05, 0) is 127 Å². The van der Waals surface area contributed by atoms with Crippen molar-refractivity contribution < 1.29 is 4.74 Å². The van der Waals surface area contributed by atoms with Crippen LogP contribution in [0, 0.1) is 39.9 Å². The van der Waals surface area contributed by atoms with Crippen molar-refractivity contribution in [2.45, 2.75) is 111 Å². The number of morpholine rings is 1. The van der Waals surface area contributed by atoms with Gasteiger partial charge >= 0.3 is 0 Å². The van der Waals surface area contributed by atoms with Crippen LogP contribution in [-0.2, 0) is 4.74 Å². The molecule has 0 N–H and O–H groups in total. The highest BCUT2D eigenvalue weighted by atomic mass is 16.5. The van der Waals surface area contributed by atoms with Crippen molar-refractivity contribution in [2.24, 2.45) is 39.9 Å². The second-order valence-corrected chi connectivity index (χ2v) is 16.4. The molecule has 2 heterocycles. The van der Waals surface area contributed by atoms with E-state index in [-0.39, 0.29) is 0 Å². The van der Waals surface area contributed by atoms with Crippen LogP contribution < -0.4 is 0 Å². The minimum absolute atomic E-state index is 0.477. The summed E-state index contributed by atoms with van der Waals surface area (Å²) in [6.07, 6.45) is 17.0. The molecular weight excluding hydrogens is 488 g/mol. The highest BCUT2D eigenvalue weighted by Gasteiger charge is 2.60. The number of ether oxygens (including phenoxy) is 1. The number of aromatic nitrogens is 1. The van der Waals surface area contributed by atoms with E-state index in [0.717, 1.165) is 61.9 Å². The normalized spacial score (nSPS) is 40.0. The Balaban J connectivity index is 0.000000534. The summed E-state index contributed by atoms with van der Waals surface area (Å²) in [5.41, 5.74) is 3.14. The first-order valence-corrected chi connectivity index (χ1v) is 16.7. The molecule has 2 aromatic rings. The summed E-state index contributed by atoms with van der Waals surface area (Å²) in [5, 5.41) is 2.64. The number of nitrogens with zero attached hydrogens (tertiary/aromatic N) is 2. The van der Waals surface area contributed by atoms with E-state index >= 15 is 0 Å². The molecule has 8 atom stereocenters. The van der Waals surface area contributed by atoms with Gasteiger partial charge in [0.05, 0.1) is 13.2 Å². The minimum atomic E-state index is 0.477. The van der Waals surface area contributed by atoms with Gasteiger partial charge in [0.25, 0.3) is 0 Å². The van der Waals surface area contributed by atoms with Crippen molar-refractivity contribution in [1.82, 2.24) is 9.88 Å². The van der Waals surface area contributed by atoms with Crippen LogP contribution in [0.1, 0.15) is 111 Å². The lowest BCUT2D eigenvalue weighted by molar-refractivity contribution is -0.121. The van der Waals surface area contributed by atoms with Gasteiger partial charge < -0.3 is 4.74 Å². The smallest absolute Gasteiger partial charge is 0.0594 e. The van der Waals surface area contributed by atoms with E-state index < -0.39 is 0 Å². The Kier molecular flexibility index (Phi) is 7.88. The van der Waals surface area contributed by atoms with Crippen molar-refractivity contribution in [3.8, 4) is 0 Å². The fourth-order valence-electron chi connectivity index (χ4n) is 10.4. The van der Waals surface area contributed by atoms with E-state index in [2.05, 4.69) is 81.9 Å². The lowest BCUT2D eigenvalue weighted by atomic mass is 9.44. The molecule has 0 spiro atoms. The fourth-order valence-corrected chi connectivity index (χ4v) is 10.4. The average Bonchev–Trinajstić information content (AvgIpc) is 3.29. The summed E-state index contributed by atoms with van der Waals surface area (Å²) in [7, 11) is 0. The molecule has 5 fully saturated rings. The zero-order valence-electron chi connectivity index (χ0n) is 26.4. The molecule has 3 nitrogen and oxygen atoms in total. The molecule has 7 rings (SSSR count). The molecule has 3 heteroatoms. The van der Waals surface area contributed by atoms with Crippen molar-refractivity contribution in [2.75, 3.05) is 26.3 Å². The third-order valence-electron chi connectivity index (χ3n) is 12.3. The average molecular weight is 545 g/mol. The monoisotopic (exact) mass is 544 g/mol. The van der Waals surface area contributed by atoms with Gasteiger partial charge in [-0.15, -0.1) is 0 Å². The zero-order valence-corrected chi connectivity index (χ0v) is 26.4. The van der Waals surface area contributed by atoms with Crippen molar-refractivity contribution in [3.05, 3.63) is 42.2 Å². The molecular formula is C37H56N2O. The number of pyridine rings is 1. The van der Waals surface area contributed by atoms with Crippen LogP contribution in [0.2, 0.25) is 0 Å². The van der Waals surface area contributed by atoms with Crippen LogP contribution in [0.5, 0.6) is 0 Å². The Morgan fingerprint density at radius 2 is 1.55 bits per heavy atom. The fraction of sp³-hybridized carbons (Fsp3) is 0.757. The van der Waals surface area contributed by atoms with Gasteiger partial charge in [-0.1, -0.05) is 53.7 Å². The molecule has 4 aliphatic carbocycles. The Morgan fingerprint density at radius 3 is 2.33 bits per heavy atom. The van der Waals surface area contributed by atoms with Crippen LogP contribution in [0.25, 0.3) is 10.8 Å². The van der Waals surface area contributed by atoms with E-state index in [9.17, 15) is 0 Å². The second kappa shape index (κ2) is 11.0. The lowest BCUT2D eigenvalue weighted by Crippen LogP contribution is -2.56. The number of benzene rings is 1. The Hall–Kier alpha value is -1.45. The molecule has 0 bridgehead atoms. The van der Waals surface area contributed by atoms with E-state index in [1.54, 1.807) is 5.56 Å². The minimum Gasteiger partial charge on any atom is -0.379 e. The molecule has 0 amide bonds. The van der Waals surface area contributed by atoms with Crippen LogP contribution in [0.4, 0.5) is 0 Å². The van der Waals surface area contributed by atoms with Crippen LogP contribution >= 0.6 is 0 Å². The van der Waals surface area contributed by atoms with Gasteiger partial charge in [0, 0.05) is 36.9 Å². The topological polar surface area (TPSA) is 25.4 Å². The first-order valence-electron chi connectivity index (χ1n) is 16.7. The van der Waals surface area contributed by atoms with Gasteiger partial charge in [0.1, 0.15) is 0 Å². The summed E-state index contributed by atoms with van der Waals surface area (Å²) < 4.78 is 5.65.